The summed E-state index contributed by atoms with van der Waals surface area (Å²) in [4.78, 5) is 11.7. The summed E-state index contributed by atoms with van der Waals surface area (Å²) in [5, 5.41) is 3.51. The van der Waals surface area contributed by atoms with Crippen LogP contribution in [0.3, 0.4) is 0 Å². The van der Waals surface area contributed by atoms with Gasteiger partial charge in [0.05, 0.1) is 5.69 Å². The third kappa shape index (κ3) is 2.35. The van der Waals surface area contributed by atoms with Gasteiger partial charge in [-0.15, -0.1) is 0 Å². The molecule has 0 bridgehead atoms. The summed E-state index contributed by atoms with van der Waals surface area (Å²) in [7, 11) is 0. The zero-order valence-corrected chi connectivity index (χ0v) is 13.5. The summed E-state index contributed by atoms with van der Waals surface area (Å²) in [5.74, 6) is 3.05. The Labute approximate surface area is 132 Å². The maximum atomic E-state index is 6.05. The predicted octanol–water partition coefficient (Wildman–Crippen LogP) is 2.08. The van der Waals surface area contributed by atoms with E-state index in [1.54, 1.807) is 0 Å². The minimum absolute atomic E-state index is 0.465. The monoisotopic (exact) mass is 301 g/mol. The van der Waals surface area contributed by atoms with E-state index in [1.165, 1.54) is 43.4 Å². The van der Waals surface area contributed by atoms with E-state index in [1.807, 2.05) is 0 Å². The van der Waals surface area contributed by atoms with Gasteiger partial charge in [-0.3, -0.25) is 0 Å². The molecule has 0 aromatic carbocycles. The number of nitrogen functional groups attached to an aromatic ring is 1. The first kappa shape index (κ1) is 14.2. The Hall–Kier alpha value is -1.36. The largest absolute Gasteiger partial charge is 0.368 e. The first-order valence-electron chi connectivity index (χ1n) is 8.91. The van der Waals surface area contributed by atoms with Crippen LogP contribution in [0.25, 0.3) is 0 Å². The topological polar surface area (TPSA) is 67.1 Å². The van der Waals surface area contributed by atoms with Gasteiger partial charge in [0.2, 0.25) is 5.95 Å². The van der Waals surface area contributed by atoms with Crippen molar-refractivity contribution in [1.29, 1.82) is 0 Å². The van der Waals surface area contributed by atoms with Crippen LogP contribution in [0.15, 0.2) is 0 Å². The predicted molar refractivity (Wildman–Crippen MR) is 89.1 cm³/mol. The molecule has 0 amide bonds. The number of hydrogen-bond acceptors (Lipinski definition) is 5. The molecule has 0 unspecified atom stereocenters. The number of fused-ring (bicyclic) bond motifs is 3. The Morgan fingerprint density at radius 2 is 2.00 bits per heavy atom. The lowest BCUT2D eigenvalue weighted by Crippen LogP contribution is -2.58. The van der Waals surface area contributed by atoms with E-state index in [-0.39, 0.29) is 0 Å². The highest BCUT2D eigenvalue weighted by Crippen LogP contribution is 2.46. The fourth-order valence-corrected chi connectivity index (χ4v) is 4.63. The molecule has 5 nitrogen and oxygen atoms in total. The number of aromatic nitrogens is 2. The first-order valence-corrected chi connectivity index (χ1v) is 8.91. The highest BCUT2D eigenvalue weighted by atomic mass is 15.3. The standard InChI is InChI=1S/C17H27N5/c1-2-19-12-9-22(10-12)16-14-8-7-11-5-3-4-6-13(11)15(14)20-17(18)21-16/h11-13,19H,2-10H2,1H3,(H2,18,20,21)/t11-,13+/m1/s1. The highest BCUT2D eigenvalue weighted by molar-refractivity contribution is 5.56. The van der Waals surface area contributed by atoms with Crippen molar-refractivity contribution < 1.29 is 0 Å². The fraction of sp³-hybridized carbons (Fsp3) is 0.765. The van der Waals surface area contributed by atoms with E-state index in [9.17, 15) is 0 Å². The van der Waals surface area contributed by atoms with Crippen LogP contribution in [0.4, 0.5) is 11.8 Å². The van der Waals surface area contributed by atoms with Crippen molar-refractivity contribution in [3.8, 4) is 0 Å². The molecule has 4 rings (SSSR count). The number of anilines is 2. The summed E-state index contributed by atoms with van der Waals surface area (Å²) < 4.78 is 0. The molecule has 2 heterocycles. The van der Waals surface area contributed by atoms with Crippen LogP contribution < -0.4 is 16.0 Å². The Balaban J connectivity index is 1.62. The molecule has 3 N–H and O–H groups in total. The molecule has 2 atom stereocenters. The number of likely N-dealkylation sites (N-methyl/N-ethyl adjacent to an activating group) is 1. The van der Waals surface area contributed by atoms with Gasteiger partial charge in [-0.25, -0.2) is 4.98 Å². The SMILES string of the molecule is CCNC1CN(c2nc(N)nc3c2CC[C@H]2CCCC[C@H]32)C1. The summed E-state index contributed by atoms with van der Waals surface area (Å²) in [5.41, 5.74) is 8.73. The average molecular weight is 301 g/mol. The molecular formula is C17H27N5. The van der Waals surface area contributed by atoms with Gasteiger partial charge in [-0.05, 0) is 38.1 Å². The maximum Gasteiger partial charge on any atom is 0.222 e. The van der Waals surface area contributed by atoms with Crippen LogP contribution in [-0.4, -0.2) is 35.6 Å². The fourth-order valence-electron chi connectivity index (χ4n) is 4.63. The van der Waals surface area contributed by atoms with E-state index >= 15 is 0 Å². The lowest BCUT2D eigenvalue weighted by molar-refractivity contribution is 0.270. The number of hydrogen-bond donors (Lipinski definition) is 2. The second-order valence-electron chi connectivity index (χ2n) is 7.12. The van der Waals surface area contributed by atoms with E-state index in [0.717, 1.165) is 37.8 Å². The van der Waals surface area contributed by atoms with Gasteiger partial charge < -0.3 is 16.0 Å². The molecular weight excluding hydrogens is 274 g/mol. The number of nitrogens with one attached hydrogen (secondary N) is 1. The third-order valence-electron chi connectivity index (χ3n) is 5.73. The van der Waals surface area contributed by atoms with Crippen LogP contribution in [0.1, 0.15) is 56.2 Å². The molecule has 3 aliphatic rings. The van der Waals surface area contributed by atoms with Gasteiger partial charge in [0.25, 0.3) is 0 Å². The molecule has 1 aromatic rings. The summed E-state index contributed by atoms with van der Waals surface area (Å²) >= 11 is 0. The molecule has 120 valence electrons. The second-order valence-corrected chi connectivity index (χ2v) is 7.12. The van der Waals surface area contributed by atoms with Crippen molar-refractivity contribution in [1.82, 2.24) is 15.3 Å². The number of nitrogens with two attached hydrogens (primary N) is 1. The zero-order chi connectivity index (χ0) is 15.1. The van der Waals surface area contributed by atoms with Crippen molar-refractivity contribution >= 4 is 11.8 Å². The van der Waals surface area contributed by atoms with Gasteiger partial charge in [0, 0.05) is 30.6 Å². The molecule has 1 saturated heterocycles. The lowest BCUT2D eigenvalue weighted by atomic mass is 9.70. The van der Waals surface area contributed by atoms with E-state index < -0.39 is 0 Å². The van der Waals surface area contributed by atoms with Gasteiger partial charge in [-0.2, -0.15) is 4.98 Å². The van der Waals surface area contributed by atoms with Gasteiger partial charge in [0.1, 0.15) is 5.82 Å². The molecule has 2 fully saturated rings. The Morgan fingerprint density at radius 1 is 1.18 bits per heavy atom. The normalized spacial score (nSPS) is 28.0. The van der Waals surface area contributed by atoms with Crippen molar-refractivity contribution in [3.63, 3.8) is 0 Å². The maximum absolute atomic E-state index is 6.05. The number of nitrogens with zero attached hydrogens (tertiary/aromatic N) is 3. The molecule has 1 aliphatic heterocycles. The van der Waals surface area contributed by atoms with E-state index in [4.69, 9.17) is 5.73 Å². The van der Waals surface area contributed by atoms with Crippen molar-refractivity contribution in [2.45, 2.75) is 57.4 Å². The van der Waals surface area contributed by atoms with Crippen molar-refractivity contribution in [2.24, 2.45) is 5.92 Å². The second kappa shape index (κ2) is 5.69. The average Bonchev–Trinajstić information content (AvgIpc) is 2.49. The minimum Gasteiger partial charge on any atom is -0.368 e. The van der Waals surface area contributed by atoms with Crippen LogP contribution in [0.5, 0.6) is 0 Å². The van der Waals surface area contributed by atoms with Crippen molar-refractivity contribution in [2.75, 3.05) is 30.3 Å². The van der Waals surface area contributed by atoms with Gasteiger partial charge in [0.15, 0.2) is 0 Å². The zero-order valence-electron chi connectivity index (χ0n) is 13.5. The summed E-state index contributed by atoms with van der Waals surface area (Å²) in [6.45, 7) is 5.29. The van der Waals surface area contributed by atoms with E-state index in [0.29, 0.717) is 17.9 Å². The van der Waals surface area contributed by atoms with Crippen LogP contribution >= 0.6 is 0 Å². The lowest BCUT2D eigenvalue weighted by Gasteiger charge is -2.43. The summed E-state index contributed by atoms with van der Waals surface area (Å²) in [6.07, 6.45) is 7.83. The number of rotatable bonds is 3. The molecule has 22 heavy (non-hydrogen) atoms. The van der Waals surface area contributed by atoms with Crippen LogP contribution in [-0.2, 0) is 6.42 Å². The third-order valence-corrected chi connectivity index (χ3v) is 5.73. The molecule has 0 radical (unpaired) electrons. The van der Waals surface area contributed by atoms with Gasteiger partial charge >= 0.3 is 0 Å². The smallest absolute Gasteiger partial charge is 0.222 e. The van der Waals surface area contributed by atoms with Crippen molar-refractivity contribution in [3.05, 3.63) is 11.3 Å². The first-order chi connectivity index (χ1) is 10.8. The van der Waals surface area contributed by atoms with E-state index in [2.05, 4.69) is 27.1 Å². The Bertz CT molecular complexity index is 552. The van der Waals surface area contributed by atoms with Crippen LogP contribution in [0.2, 0.25) is 0 Å². The van der Waals surface area contributed by atoms with Gasteiger partial charge in [-0.1, -0.05) is 19.8 Å². The summed E-state index contributed by atoms with van der Waals surface area (Å²) in [6, 6.07) is 0.600. The van der Waals surface area contributed by atoms with Crippen LogP contribution in [0, 0.1) is 5.92 Å². The Kier molecular flexibility index (Phi) is 3.68. The molecule has 1 aromatic heterocycles. The molecule has 1 saturated carbocycles. The molecule has 5 heteroatoms. The molecule has 2 aliphatic carbocycles. The quantitative estimate of drug-likeness (QED) is 0.894. The molecule has 0 spiro atoms. The highest BCUT2D eigenvalue weighted by Gasteiger charge is 2.37. The Morgan fingerprint density at radius 3 is 2.82 bits per heavy atom. The minimum atomic E-state index is 0.465.